The summed E-state index contributed by atoms with van der Waals surface area (Å²) in [5.41, 5.74) is 0.758. The molecule has 0 N–H and O–H groups in total. The third-order valence-electron chi connectivity index (χ3n) is 2.44. The van der Waals surface area contributed by atoms with E-state index in [1.165, 1.54) is 19.2 Å². The third kappa shape index (κ3) is 1.91. The molecule has 0 fully saturated rings. The fraction of sp³-hybridized carbons (Fsp3) is 0.364. The zero-order chi connectivity index (χ0) is 11.6. The van der Waals surface area contributed by atoms with Gasteiger partial charge in [0.15, 0.2) is 0 Å². The zero-order valence-electron chi connectivity index (χ0n) is 8.77. The topological polar surface area (TPSA) is 33.0 Å². The number of nitriles is 1. The number of hydrogen-bond acceptors (Lipinski definition) is 2. The maximum absolute atomic E-state index is 13.2. The molecular weight excluding hydrogens is 200 g/mol. The summed E-state index contributed by atoms with van der Waals surface area (Å²) < 4.78 is 31.3. The molecule has 0 saturated heterocycles. The van der Waals surface area contributed by atoms with Crippen molar-refractivity contribution < 1.29 is 13.5 Å². The second-order valence-corrected chi connectivity index (χ2v) is 3.25. The van der Waals surface area contributed by atoms with Crippen LogP contribution < -0.4 is 4.74 Å². The minimum Gasteiger partial charge on any atom is -0.496 e. The highest BCUT2D eigenvalue weighted by Gasteiger charge is 2.33. The van der Waals surface area contributed by atoms with Gasteiger partial charge in [-0.05, 0) is 37.1 Å². The van der Waals surface area contributed by atoms with Gasteiger partial charge in [-0.25, -0.2) is 0 Å². The minimum atomic E-state index is -3.44. The van der Waals surface area contributed by atoms with Crippen LogP contribution in [0.25, 0.3) is 0 Å². The van der Waals surface area contributed by atoms with Gasteiger partial charge in [0.05, 0.1) is 7.11 Å². The molecular formula is C11H11F2NO. The molecule has 0 aromatic heterocycles. The Hall–Kier alpha value is -1.63. The smallest absolute Gasteiger partial charge is 0.357 e. The number of halogens is 2. The van der Waals surface area contributed by atoms with Crippen LogP contribution in [0.5, 0.6) is 5.75 Å². The Morgan fingerprint density at radius 2 is 1.87 bits per heavy atom. The SMILES string of the molecule is COc1ccc(C(F)(F)C#N)c(C)c1C. The lowest BCUT2D eigenvalue weighted by molar-refractivity contribution is 0.0604. The first-order valence-electron chi connectivity index (χ1n) is 4.37. The monoisotopic (exact) mass is 211 g/mol. The van der Waals surface area contributed by atoms with Crippen LogP contribution in [0.3, 0.4) is 0 Å². The normalized spacial score (nSPS) is 10.9. The minimum absolute atomic E-state index is 0.261. The van der Waals surface area contributed by atoms with E-state index < -0.39 is 5.92 Å². The maximum Gasteiger partial charge on any atom is 0.357 e. The summed E-state index contributed by atoms with van der Waals surface area (Å²) in [5.74, 6) is -2.90. The lowest BCUT2D eigenvalue weighted by Crippen LogP contribution is -2.12. The van der Waals surface area contributed by atoms with Crippen molar-refractivity contribution in [2.45, 2.75) is 19.8 Å². The van der Waals surface area contributed by atoms with E-state index in [0.29, 0.717) is 16.9 Å². The van der Waals surface area contributed by atoms with E-state index in [1.54, 1.807) is 13.8 Å². The van der Waals surface area contributed by atoms with Crippen LogP contribution in [0.2, 0.25) is 0 Å². The molecule has 0 aliphatic rings. The van der Waals surface area contributed by atoms with E-state index in [2.05, 4.69) is 0 Å². The molecule has 0 heterocycles. The van der Waals surface area contributed by atoms with Gasteiger partial charge in [0, 0.05) is 5.56 Å². The van der Waals surface area contributed by atoms with Crippen molar-refractivity contribution in [1.82, 2.24) is 0 Å². The second-order valence-electron chi connectivity index (χ2n) is 3.25. The highest BCUT2D eigenvalue weighted by molar-refractivity contribution is 5.46. The summed E-state index contributed by atoms with van der Waals surface area (Å²) in [6.07, 6.45) is 0. The predicted octanol–water partition coefficient (Wildman–Crippen LogP) is 2.93. The van der Waals surface area contributed by atoms with E-state index in [4.69, 9.17) is 10.00 Å². The van der Waals surface area contributed by atoms with Crippen LogP contribution in [0.1, 0.15) is 16.7 Å². The van der Waals surface area contributed by atoms with Gasteiger partial charge in [-0.15, -0.1) is 0 Å². The van der Waals surface area contributed by atoms with E-state index >= 15 is 0 Å². The van der Waals surface area contributed by atoms with E-state index in [1.807, 2.05) is 0 Å². The fourth-order valence-electron chi connectivity index (χ4n) is 1.42. The molecule has 1 rings (SSSR count). The van der Waals surface area contributed by atoms with Gasteiger partial charge < -0.3 is 4.74 Å². The Morgan fingerprint density at radius 3 is 2.33 bits per heavy atom. The summed E-state index contributed by atoms with van der Waals surface area (Å²) in [6, 6.07) is 3.66. The zero-order valence-corrected chi connectivity index (χ0v) is 8.77. The lowest BCUT2D eigenvalue weighted by Gasteiger charge is -2.15. The number of rotatable bonds is 2. The van der Waals surface area contributed by atoms with E-state index in [0.717, 1.165) is 6.07 Å². The first kappa shape index (κ1) is 11.4. The number of methoxy groups -OCH3 is 1. The number of ether oxygens (including phenoxy) is 1. The van der Waals surface area contributed by atoms with Crippen LogP contribution in [-0.2, 0) is 5.92 Å². The Kier molecular flexibility index (Phi) is 2.94. The first-order chi connectivity index (χ1) is 6.94. The summed E-state index contributed by atoms with van der Waals surface area (Å²) >= 11 is 0. The van der Waals surface area contributed by atoms with Gasteiger partial charge in [-0.3, -0.25) is 0 Å². The summed E-state index contributed by atoms with van der Waals surface area (Å²) in [4.78, 5) is 0. The van der Waals surface area contributed by atoms with Crippen LogP contribution in [0.4, 0.5) is 8.78 Å². The number of benzene rings is 1. The molecule has 15 heavy (non-hydrogen) atoms. The molecule has 0 atom stereocenters. The Balaban J connectivity index is 3.38. The molecule has 0 unspecified atom stereocenters. The van der Waals surface area contributed by atoms with Crippen LogP contribution in [0, 0.1) is 25.2 Å². The molecule has 1 aromatic rings. The van der Waals surface area contributed by atoms with Gasteiger partial charge in [-0.2, -0.15) is 14.0 Å². The Bertz CT molecular complexity index is 421. The molecule has 4 heteroatoms. The van der Waals surface area contributed by atoms with Crippen molar-refractivity contribution in [3.8, 4) is 11.8 Å². The summed E-state index contributed by atoms with van der Waals surface area (Å²) in [7, 11) is 1.48. The number of hydrogen-bond donors (Lipinski definition) is 0. The van der Waals surface area contributed by atoms with Crippen LogP contribution in [0.15, 0.2) is 12.1 Å². The van der Waals surface area contributed by atoms with Gasteiger partial charge >= 0.3 is 5.92 Å². The van der Waals surface area contributed by atoms with Crippen molar-refractivity contribution in [3.05, 3.63) is 28.8 Å². The molecule has 80 valence electrons. The molecule has 0 radical (unpaired) electrons. The van der Waals surface area contributed by atoms with Gasteiger partial charge in [-0.1, -0.05) is 0 Å². The van der Waals surface area contributed by atoms with Crippen molar-refractivity contribution in [1.29, 1.82) is 5.26 Å². The summed E-state index contributed by atoms with van der Waals surface area (Å²) in [6.45, 7) is 3.24. The van der Waals surface area contributed by atoms with Gasteiger partial charge in [0.25, 0.3) is 0 Å². The highest BCUT2D eigenvalue weighted by Crippen LogP contribution is 2.34. The quantitative estimate of drug-likeness (QED) is 0.753. The third-order valence-corrected chi connectivity index (χ3v) is 2.44. The fourth-order valence-corrected chi connectivity index (χ4v) is 1.42. The molecule has 0 aliphatic heterocycles. The van der Waals surface area contributed by atoms with Crippen molar-refractivity contribution in [2.24, 2.45) is 0 Å². The average molecular weight is 211 g/mol. The molecule has 1 aromatic carbocycles. The van der Waals surface area contributed by atoms with Gasteiger partial charge in [0.2, 0.25) is 0 Å². The molecule has 0 saturated carbocycles. The number of nitrogens with zero attached hydrogens (tertiary/aromatic N) is 1. The lowest BCUT2D eigenvalue weighted by atomic mass is 9.98. The molecule has 2 nitrogen and oxygen atoms in total. The molecule has 0 amide bonds. The average Bonchev–Trinajstić information content (AvgIpc) is 2.21. The van der Waals surface area contributed by atoms with Gasteiger partial charge in [0.1, 0.15) is 11.8 Å². The van der Waals surface area contributed by atoms with Crippen molar-refractivity contribution >= 4 is 0 Å². The number of alkyl halides is 2. The highest BCUT2D eigenvalue weighted by atomic mass is 19.3. The van der Waals surface area contributed by atoms with E-state index in [-0.39, 0.29) is 5.56 Å². The van der Waals surface area contributed by atoms with Crippen LogP contribution >= 0.6 is 0 Å². The van der Waals surface area contributed by atoms with E-state index in [9.17, 15) is 8.78 Å². The van der Waals surface area contributed by atoms with Crippen LogP contribution in [-0.4, -0.2) is 7.11 Å². The van der Waals surface area contributed by atoms with Crippen molar-refractivity contribution in [3.63, 3.8) is 0 Å². The molecule has 0 aliphatic carbocycles. The Morgan fingerprint density at radius 1 is 1.27 bits per heavy atom. The Labute approximate surface area is 87.1 Å². The maximum atomic E-state index is 13.2. The first-order valence-corrected chi connectivity index (χ1v) is 4.37. The largest absolute Gasteiger partial charge is 0.496 e. The second kappa shape index (κ2) is 3.85. The molecule has 0 spiro atoms. The standard InChI is InChI=1S/C11H11F2NO/c1-7-8(2)10(15-3)5-4-9(7)11(12,13)6-14/h4-5H,1-3H3. The predicted molar refractivity (Wildman–Crippen MR) is 52.0 cm³/mol. The van der Waals surface area contributed by atoms with Crippen molar-refractivity contribution in [2.75, 3.05) is 7.11 Å². The summed E-state index contributed by atoms with van der Waals surface area (Å²) in [5, 5.41) is 8.36. The molecule has 0 bridgehead atoms.